The maximum Gasteiger partial charge on any atom is 0.339 e. The first-order valence-corrected chi connectivity index (χ1v) is 9.28. The summed E-state index contributed by atoms with van der Waals surface area (Å²) in [6.45, 7) is 3.68. The molecule has 0 spiro atoms. The Morgan fingerprint density at radius 1 is 1.04 bits per heavy atom. The highest BCUT2D eigenvalue weighted by molar-refractivity contribution is 6.07. The van der Waals surface area contributed by atoms with Gasteiger partial charge in [-0.3, -0.25) is 4.79 Å². The molecule has 2 aromatic carbocycles. The van der Waals surface area contributed by atoms with E-state index in [1.54, 1.807) is 6.92 Å². The third kappa shape index (κ3) is 3.98. The number of ether oxygens (including phenoxy) is 1. The number of anilines is 1. The lowest BCUT2D eigenvalue weighted by Crippen LogP contribution is -2.15. The molecule has 0 bridgehead atoms. The minimum Gasteiger partial charge on any atom is -0.465 e. The Morgan fingerprint density at radius 3 is 2.39 bits per heavy atom. The van der Waals surface area contributed by atoms with Gasteiger partial charge in [-0.05, 0) is 42.5 Å². The molecule has 2 N–H and O–H groups in total. The first-order valence-electron chi connectivity index (χ1n) is 9.28. The molecule has 0 aliphatic carbocycles. The van der Waals surface area contributed by atoms with Crippen molar-refractivity contribution in [1.29, 1.82) is 0 Å². The highest BCUT2D eigenvalue weighted by Crippen LogP contribution is 2.23. The Labute approximate surface area is 164 Å². The molecule has 28 heavy (non-hydrogen) atoms. The number of H-pyrrole nitrogens is 1. The van der Waals surface area contributed by atoms with E-state index in [4.69, 9.17) is 4.74 Å². The van der Waals surface area contributed by atoms with E-state index in [0.29, 0.717) is 35.4 Å². The van der Waals surface area contributed by atoms with Crippen molar-refractivity contribution in [3.8, 4) is 0 Å². The molecule has 0 fully saturated rings. The molecule has 1 aromatic heterocycles. The topological polar surface area (TPSA) is 71.2 Å². The van der Waals surface area contributed by atoms with Gasteiger partial charge in [-0.1, -0.05) is 55.5 Å². The van der Waals surface area contributed by atoms with E-state index >= 15 is 0 Å². The van der Waals surface area contributed by atoms with Crippen LogP contribution in [0, 0.1) is 6.92 Å². The molecular formula is C23H24N2O3. The number of aromatic nitrogens is 1. The van der Waals surface area contributed by atoms with Crippen LogP contribution in [0.5, 0.6) is 0 Å². The maximum atomic E-state index is 12.9. The van der Waals surface area contributed by atoms with Crippen LogP contribution in [0.2, 0.25) is 0 Å². The number of carbonyl (C=O) groups is 2. The second kappa shape index (κ2) is 8.57. The average Bonchev–Trinajstić information content (AvgIpc) is 3.06. The summed E-state index contributed by atoms with van der Waals surface area (Å²) >= 11 is 0. The fraction of sp³-hybridized carbons (Fsp3) is 0.217. The minimum absolute atomic E-state index is 0.275. The van der Waals surface area contributed by atoms with Crippen molar-refractivity contribution in [2.45, 2.75) is 26.7 Å². The van der Waals surface area contributed by atoms with Crippen molar-refractivity contribution in [2.24, 2.45) is 0 Å². The quantitative estimate of drug-likeness (QED) is 0.622. The van der Waals surface area contributed by atoms with Gasteiger partial charge in [0.2, 0.25) is 0 Å². The third-order valence-electron chi connectivity index (χ3n) is 4.80. The van der Waals surface area contributed by atoms with Crippen molar-refractivity contribution >= 4 is 17.6 Å². The lowest BCUT2D eigenvalue weighted by atomic mass is 10.0. The first-order chi connectivity index (χ1) is 13.5. The zero-order valence-corrected chi connectivity index (χ0v) is 16.3. The van der Waals surface area contributed by atoms with E-state index in [-0.39, 0.29) is 5.91 Å². The van der Waals surface area contributed by atoms with Crippen LogP contribution >= 0.6 is 0 Å². The Balaban J connectivity index is 1.88. The summed E-state index contributed by atoms with van der Waals surface area (Å²) in [6.07, 6.45) is 1.32. The minimum atomic E-state index is -0.436. The summed E-state index contributed by atoms with van der Waals surface area (Å²) in [5, 5.41) is 2.99. The summed E-state index contributed by atoms with van der Waals surface area (Å²) < 4.78 is 4.87. The van der Waals surface area contributed by atoms with Crippen LogP contribution in [0.3, 0.4) is 0 Å². The predicted molar refractivity (Wildman–Crippen MR) is 110 cm³/mol. The molecule has 5 nitrogen and oxygen atoms in total. The lowest BCUT2D eigenvalue weighted by molar-refractivity contribution is 0.0599. The Hall–Kier alpha value is -3.34. The van der Waals surface area contributed by atoms with E-state index in [2.05, 4.69) is 22.4 Å². The number of hydrogen-bond acceptors (Lipinski definition) is 3. The van der Waals surface area contributed by atoms with E-state index in [0.717, 1.165) is 11.3 Å². The van der Waals surface area contributed by atoms with E-state index in [1.165, 1.54) is 12.7 Å². The largest absolute Gasteiger partial charge is 0.465 e. The van der Waals surface area contributed by atoms with Gasteiger partial charge in [0.05, 0.1) is 12.7 Å². The number of rotatable bonds is 6. The molecule has 3 rings (SSSR count). The standard InChI is InChI=1S/C23H24N2O3/c1-4-18-20(23(27)28-3)15(2)21(24-18)22(26)25-19-13-9-8-12-17(19)14-16-10-6-5-7-11-16/h5-13,24H,4,14H2,1-3H3,(H,25,26). The molecule has 0 aliphatic heterocycles. The Morgan fingerprint density at radius 2 is 1.71 bits per heavy atom. The van der Waals surface area contributed by atoms with Crippen molar-refractivity contribution < 1.29 is 14.3 Å². The summed E-state index contributed by atoms with van der Waals surface area (Å²) in [5.74, 6) is -0.711. The second-order valence-electron chi connectivity index (χ2n) is 6.60. The number of benzene rings is 2. The number of amides is 1. The fourth-order valence-electron chi connectivity index (χ4n) is 3.33. The molecule has 3 aromatic rings. The summed E-state index contributed by atoms with van der Waals surface area (Å²) in [4.78, 5) is 28.1. The van der Waals surface area contributed by atoms with Crippen molar-refractivity contribution in [3.05, 3.63) is 88.2 Å². The van der Waals surface area contributed by atoms with Gasteiger partial charge in [-0.2, -0.15) is 0 Å². The Kier molecular flexibility index (Phi) is 5.94. The summed E-state index contributed by atoms with van der Waals surface area (Å²) in [5.41, 5.74) is 5.06. The van der Waals surface area contributed by atoms with Gasteiger partial charge in [0.1, 0.15) is 5.69 Å². The number of esters is 1. The second-order valence-corrected chi connectivity index (χ2v) is 6.60. The molecular weight excluding hydrogens is 352 g/mol. The zero-order valence-electron chi connectivity index (χ0n) is 16.3. The molecule has 0 unspecified atom stereocenters. The number of methoxy groups -OCH3 is 1. The van der Waals surface area contributed by atoms with Crippen molar-refractivity contribution in [3.63, 3.8) is 0 Å². The Bertz CT molecular complexity index is 990. The summed E-state index contributed by atoms with van der Waals surface area (Å²) in [6, 6.07) is 17.8. The van der Waals surface area contributed by atoms with Crippen molar-refractivity contribution in [2.75, 3.05) is 12.4 Å². The average molecular weight is 376 g/mol. The molecule has 0 aliphatic rings. The fourth-order valence-corrected chi connectivity index (χ4v) is 3.33. The highest BCUT2D eigenvalue weighted by atomic mass is 16.5. The van der Waals surface area contributed by atoms with Gasteiger partial charge in [0.25, 0.3) is 5.91 Å². The maximum absolute atomic E-state index is 12.9. The number of aromatic amines is 1. The number of nitrogens with one attached hydrogen (secondary N) is 2. The van der Waals surface area contributed by atoms with Crippen LogP contribution in [0.4, 0.5) is 5.69 Å². The first kappa shape index (κ1) is 19.4. The van der Waals surface area contributed by atoms with E-state index in [9.17, 15) is 9.59 Å². The number of aryl methyl sites for hydroxylation is 1. The lowest BCUT2D eigenvalue weighted by Gasteiger charge is -2.11. The van der Waals surface area contributed by atoms with Gasteiger partial charge in [0.15, 0.2) is 0 Å². The normalized spacial score (nSPS) is 10.5. The predicted octanol–water partition coefficient (Wildman–Crippen LogP) is 4.52. The molecule has 144 valence electrons. The van der Waals surface area contributed by atoms with Crippen LogP contribution in [0.15, 0.2) is 54.6 Å². The molecule has 0 radical (unpaired) electrons. The molecule has 1 heterocycles. The van der Waals surface area contributed by atoms with Crippen molar-refractivity contribution in [1.82, 2.24) is 4.98 Å². The molecule has 1 amide bonds. The highest BCUT2D eigenvalue weighted by Gasteiger charge is 2.24. The number of para-hydroxylation sites is 1. The number of carbonyl (C=O) groups excluding carboxylic acids is 2. The van der Waals surface area contributed by atoms with Crippen LogP contribution < -0.4 is 5.32 Å². The van der Waals surface area contributed by atoms with Gasteiger partial charge in [-0.25, -0.2) is 4.79 Å². The van der Waals surface area contributed by atoms with Gasteiger partial charge in [0, 0.05) is 11.4 Å². The van der Waals surface area contributed by atoms with E-state index < -0.39 is 5.97 Å². The summed E-state index contributed by atoms with van der Waals surface area (Å²) in [7, 11) is 1.34. The van der Waals surface area contributed by atoms with Crippen LogP contribution in [0.25, 0.3) is 0 Å². The van der Waals surface area contributed by atoms with Crippen LogP contribution in [-0.4, -0.2) is 24.0 Å². The molecule has 0 atom stereocenters. The zero-order chi connectivity index (χ0) is 20.1. The SMILES string of the molecule is CCc1[nH]c(C(=O)Nc2ccccc2Cc2ccccc2)c(C)c1C(=O)OC. The molecule has 0 saturated heterocycles. The van der Waals surface area contributed by atoms with E-state index in [1.807, 2.05) is 49.4 Å². The monoisotopic (exact) mass is 376 g/mol. The van der Waals surface area contributed by atoms with Crippen LogP contribution in [-0.2, 0) is 17.6 Å². The van der Waals surface area contributed by atoms with Gasteiger partial charge in [-0.15, -0.1) is 0 Å². The third-order valence-corrected chi connectivity index (χ3v) is 4.80. The number of hydrogen-bond donors (Lipinski definition) is 2. The van der Waals surface area contributed by atoms with Gasteiger partial charge < -0.3 is 15.0 Å². The van der Waals surface area contributed by atoms with Gasteiger partial charge >= 0.3 is 5.97 Å². The molecule has 0 saturated carbocycles. The van der Waals surface area contributed by atoms with Crippen LogP contribution in [0.1, 0.15) is 50.2 Å². The smallest absolute Gasteiger partial charge is 0.339 e. The molecule has 5 heteroatoms.